The number of benzene rings is 2. The topological polar surface area (TPSA) is 20.3 Å². The lowest BCUT2D eigenvalue weighted by Crippen LogP contribution is -2.42. The van der Waals surface area contributed by atoms with Crippen molar-refractivity contribution >= 4 is 5.91 Å². The highest BCUT2D eigenvalue weighted by Gasteiger charge is 2.27. The van der Waals surface area contributed by atoms with Crippen molar-refractivity contribution in [3.63, 3.8) is 0 Å². The SMILES string of the molecule is CC(C)[C@H](Cc1ccccc1)C(=O)N(C)[C@@H](C)Cc1ccccc1. The van der Waals surface area contributed by atoms with Gasteiger partial charge in [-0.3, -0.25) is 4.79 Å². The number of hydrogen-bond acceptors (Lipinski definition) is 1. The summed E-state index contributed by atoms with van der Waals surface area (Å²) in [6.07, 6.45) is 1.69. The molecule has 0 N–H and O–H groups in total. The quantitative estimate of drug-likeness (QED) is 0.730. The highest BCUT2D eigenvalue weighted by atomic mass is 16.2. The van der Waals surface area contributed by atoms with Gasteiger partial charge in [0.1, 0.15) is 0 Å². The minimum atomic E-state index is 0.0237. The maximum Gasteiger partial charge on any atom is 0.226 e. The van der Waals surface area contributed by atoms with Crippen LogP contribution in [0.4, 0.5) is 0 Å². The van der Waals surface area contributed by atoms with E-state index < -0.39 is 0 Å². The lowest BCUT2D eigenvalue weighted by atomic mass is 9.87. The van der Waals surface area contributed by atoms with E-state index in [-0.39, 0.29) is 17.9 Å². The zero-order valence-corrected chi connectivity index (χ0v) is 15.3. The van der Waals surface area contributed by atoms with Gasteiger partial charge < -0.3 is 4.90 Å². The summed E-state index contributed by atoms with van der Waals surface area (Å²) < 4.78 is 0. The molecule has 2 nitrogen and oxygen atoms in total. The Kier molecular flexibility index (Phi) is 6.60. The summed E-state index contributed by atoms with van der Waals surface area (Å²) in [6.45, 7) is 6.41. The molecule has 0 bridgehead atoms. The Balaban J connectivity index is 2.05. The first-order valence-electron chi connectivity index (χ1n) is 8.83. The average molecular weight is 323 g/mol. The van der Waals surface area contributed by atoms with Crippen molar-refractivity contribution in [2.24, 2.45) is 11.8 Å². The zero-order valence-electron chi connectivity index (χ0n) is 15.3. The summed E-state index contributed by atoms with van der Waals surface area (Å²) in [7, 11) is 1.94. The summed E-state index contributed by atoms with van der Waals surface area (Å²) in [4.78, 5) is 15.0. The predicted molar refractivity (Wildman–Crippen MR) is 101 cm³/mol. The minimum Gasteiger partial charge on any atom is -0.342 e. The first-order valence-corrected chi connectivity index (χ1v) is 8.83. The number of amides is 1. The third kappa shape index (κ3) is 4.95. The molecule has 0 aliphatic rings. The standard InChI is InChI=1S/C22H29NO/c1-17(2)21(16-20-13-9-6-10-14-20)22(24)23(4)18(3)15-19-11-7-5-8-12-19/h5-14,17-18,21H,15-16H2,1-4H3/t18-,21-/m0/s1. The number of hydrogen-bond donors (Lipinski definition) is 0. The van der Waals surface area contributed by atoms with Crippen LogP contribution in [-0.4, -0.2) is 23.9 Å². The third-order valence-electron chi connectivity index (χ3n) is 4.80. The molecule has 0 saturated heterocycles. The van der Waals surface area contributed by atoms with Crippen molar-refractivity contribution in [1.29, 1.82) is 0 Å². The first kappa shape index (κ1) is 18.3. The van der Waals surface area contributed by atoms with Gasteiger partial charge in [-0.25, -0.2) is 0 Å². The molecule has 0 aromatic heterocycles. The molecule has 0 fully saturated rings. The van der Waals surface area contributed by atoms with E-state index in [1.165, 1.54) is 11.1 Å². The summed E-state index contributed by atoms with van der Waals surface area (Å²) in [5.41, 5.74) is 2.50. The highest BCUT2D eigenvalue weighted by molar-refractivity contribution is 5.79. The molecule has 2 aromatic carbocycles. The fourth-order valence-corrected chi connectivity index (χ4v) is 3.05. The summed E-state index contributed by atoms with van der Waals surface area (Å²) >= 11 is 0. The van der Waals surface area contributed by atoms with E-state index in [0.29, 0.717) is 5.92 Å². The van der Waals surface area contributed by atoms with Gasteiger partial charge in [-0.1, -0.05) is 74.5 Å². The third-order valence-corrected chi connectivity index (χ3v) is 4.80. The van der Waals surface area contributed by atoms with E-state index >= 15 is 0 Å². The lowest BCUT2D eigenvalue weighted by Gasteiger charge is -2.31. The molecule has 2 heteroatoms. The van der Waals surface area contributed by atoms with Crippen molar-refractivity contribution in [3.05, 3.63) is 71.8 Å². The number of rotatable bonds is 7. The normalized spacial score (nSPS) is 13.5. The van der Waals surface area contributed by atoms with Gasteiger partial charge in [0.15, 0.2) is 0 Å². The molecule has 0 aliphatic carbocycles. The molecule has 0 unspecified atom stereocenters. The molecule has 24 heavy (non-hydrogen) atoms. The maximum absolute atomic E-state index is 13.0. The molecule has 0 heterocycles. The number of carbonyl (C=O) groups is 1. The molecule has 0 radical (unpaired) electrons. The summed E-state index contributed by atoms with van der Waals surface area (Å²) in [6, 6.07) is 20.9. The molecular formula is C22H29NO. The van der Waals surface area contributed by atoms with Crippen LogP contribution in [0.15, 0.2) is 60.7 Å². The second kappa shape index (κ2) is 8.68. The largest absolute Gasteiger partial charge is 0.342 e. The Morgan fingerprint density at radius 1 is 0.833 bits per heavy atom. The highest BCUT2D eigenvalue weighted by Crippen LogP contribution is 2.21. The van der Waals surface area contributed by atoms with Crippen molar-refractivity contribution in [1.82, 2.24) is 4.90 Å². The Morgan fingerprint density at radius 2 is 1.29 bits per heavy atom. The van der Waals surface area contributed by atoms with E-state index in [1.807, 2.05) is 36.2 Å². The average Bonchev–Trinajstić information content (AvgIpc) is 2.60. The van der Waals surface area contributed by atoms with Crippen LogP contribution in [-0.2, 0) is 17.6 Å². The van der Waals surface area contributed by atoms with Crippen LogP contribution in [0.2, 0.25) is 0 Å². The van der Waals surface area contributed by atoms with Gasteiger partial charge in [0.25, 0.3) is 0 Å². The fourth-order valence-electron chi connectivity index (χ4n) is 3.05. The summed E-state index contributed by atoms with van der Waals surface area (Å²) in [5, 5.41) is 0. The van der Waals surface area contributed by atoms with Crippen molar-refractivity contribution in [3.8, 4) is 0 Å². The van der Waals surface area contributed by atoms with Gasteiger partial charge in [-0.2, -0.15) is 0 Å². The van der Waals surface area contributed by atoms with Crippen LogP contribution in [0, 0.1) is 11.8 Å². The van der Waals surface area contributed by atoms with Crippen molar-refractivity contribution in [2.75, 3.05) is 7.05 Å². The predicted octanol–water partition coefficient (Wildman–Crippen LogP) is 4.59. The fraction of sp³-hybridized carbons (Fsp3) is 0.409. The second-order valence-corrected chi connectivity index (χ2v) is 7.03. The lowest BCUT2D eigenvalue weighted by molar-refractivity contribution is -0.137. The zero-order chi connectivity index (χ0) is 17.5. The van der Waals surface area contributed by atoms with E-state index in [0.717, 1.165) is 12.8 Å². The van der Waals surface area contributed by atoms with Crippen molar-refractivity contribution in [2.45, 2.75) is 39.7 Å². The van der Waals surface area contributed by atoms with Crippen LogP contribution >= 0.6 is 0 Å². The van der Waals surface area contributed by atoms with Gasteiger partial charge in [0.05, 0.1) is 0 Å². The Labute approximate surface area is 146 Å². The summed E-state index contributed by atoms with van der Waals surface area (Å²) in [5.74, 6) is 0.594. The molecule has 0 aliphatic heterocycles. The van der Waals surface area contributed by atoms with Crippen LogP contribution in [0.25, 0.3) is 0 Å². The Morgan fingerprint density at radius 3 is 1.75 bits per heavy atom. The van der Waals surface area contributed by atoms with E-state index in [1.54, 1.807) is 0 Å². The van der Waals surface area contributed by atoms with E-state index in [9.17, 15) is 4.79 Å². The number of carbonyl (C=O) groups excluding carboxylic acids is 1. The van der Waals surface area contributed by atoms with Gasteiger partial charge in [-0.05, 0) is 36.8 Å². The number of likely N-dealkylation sites (N-methyl/N-ethyl adjacent to an activating group) is 1. The van der Waals surface area contributed by atoms with Gasteiger partial charge in [0, 0.05) is 19.0 Å². The molecule has 0 spiro atoms. The molecule has 2 atom stereocenters. The second-order valence-electron chi connectivity index (χ2n) is 7.03. The monoisotopic (exact) mass is 323 g/mol. The van der Waals surface area contributed by atoms with Crippen LogP contribution in [0.5, 0.6) is 0 Å². The first-order chi connectivity index (χ1) is 11.5. The molecule has 2 rings (SSSR count). The molecule has 128 valence electrons. The molecule has 1 amide bonds. The molecule has 0 saturated carbocycles. The maximum atomic E-state index is 13.0. The van der Waals surface area contributed by atoms with Crippen molar-refractivity contribution < 1.29 is 4.79 Å². The Bertz CT molecular complexity index is 621. The van der Waals surface area contributed by atoms with Gasteiger partial charge >= 0.3 is 0 Å². The van der Waals surface area contributed by atoms with Crippen LogP contribution in [0.1, 0.15) is 31.9 Å². The van der Waals surface area contributed by atoms with Gasteiger partial charge in [0.2, 0.25) is 5.91 Å². The number of nitrogens with zero attached hydrogens (tertiary/aromatic N) is 1. The molecular weight excluding hydrogens is 294 g/mol. The van der Waals surface area contributed by atoms with Gasteiger partial charge in [-0.15, -0.1) is 0 Å². The Hall–Kier alpha value is -2.09. The van der Waals surface area contributed by atoms with E-state index in [2.05, 4.69) is 57.2 Å². The molecule has 2 aromatic rings. The van der Waals surface area contributed by atoms with Crippen LogP contribution in [0.3, 0.4) is 0 Å². The van der Waals surface area contributed by atoms with E-state index in [4.69, 9.17) is 0 Å². The minimum absolute atomic E-state index is 0.0237. The van der Waals surface area contributed by atoms with Crippen LogP contribution < -0.4 is 0 Å². The smallest absolute Gasteiger partial charge is 0.226 e.